The molecule has 0 aliphatic carbocycles. The number of rotatable bonds is 1. The summed E-state index contributed by atoms with van der Waals surface area (Å²) in [6.07, 6.45) is 0.585. The topological polar surface area (TPSA) is 49.8 Å². The van der Waals surface area contributed by atoms with Gasteiger partial charge in [-0.25, -0.2) is 4.79 Å². The predicted octanol–water partition coefficient (Wildman–Crippen LogP) is 3.12. The lowest BCUT2D eigenvalue weighted by Gasteiger charge is -2.24. The van der Waals surface area contributed by atoms with Gasteiger partial charge in [-0.3, -0.25) is 0 Å². The van der Waals surface area contributed by atoms with Gasteiger partial charge >= 0.3 is 6.09 Å². The van der Waals surface area contributed by atoms with Gasteiger partial charge in [0, 0.05) is 19.0 Å². The van der Waals surface area contributed by atoms with E-state index < -0.39 is 5.60 Å². The maximum Gasteiger partial charge on any atom is 0.410 e. The van der Waals surface area contributed by atoms with Gasteiger partial charge in [-0.05, 0) is 38.8 Å². The van der Waals surface area contributed by atoms with Gasteiger partial charge < -0.3 is 14.7 Å². The summed E-state index contributed by atoms with van der Waals surface area (Å²) in [5, 5.41) is 9.85. The van der Waals surface area contributed by atoms with E-state index in [1.807, 2.05) is 32.9 Å². The van der Waals surface area contributed by atoms with Crippen molar-refractivity contribution in [1.82, 2.24) is 4.90 Å². The fraction of sp³-hybridized carbons (Fsp3) is 0.533. The lowest BCUT2D eigenvalue weighted by Crippen LogP contribution is -2.35. The van der Waals surface area contributed by atoms with E-state index in [-0.39, 0.29) is 12.0 Å². The van der Waals surface area contributed by atoms with Crippen LogP contribution in [0, 0.1) is 0 Å². The minimum atomic E-state index is -0.468. The number of carbonyl (C=O) groups excluding carboxylic acids is 1. The number of nitrogens with zero attached hydrogens (tertiary/aromatic N) is 1. The molecule has 0 saturated carbocycles. The molecule has 1 saturated heterocycles. The minimum Gasteiger partial charge on any atom is -0.508 e. The van der Waals surface area contributed by atoms with Crippen molar-refractivity contribution in [2.45, 2.75) is 38.7 Å². The number of hydrogen-bond acceptors (Lipinski definition) is 3. The standard InChI is InChI=1S/C15H21NO3/c1-15(2,3)19-14(18)16-9-8-11(10-16)12-6-4-5-7-13(12)17/h4-7,11,17H,8-10H2,1-3H3. The van der Waals surface area contributed by atoms with Crippen molar-refractivity contribution in [2.24, 2.45) is 0 Å². The SMILES string of the molecule is CC(C)(C)OC(=O)N1CCC(c2ccccc2O)C1. The summed E-state index contributed by atoms with van der Waals surface area (Å²) >= 11 is 0. The van der Waals surface area contributed by atoms with Gasteiger partial charge in [-0.15, -0.1) is 0 Å². The minimum absolute atomic E-state index is 0.189. The van der Waals surface area contributed by atoms with Gasteiger partial charge in [0.15, 0.2) is 0 Å². The zero-order chi connectivity index (χ0) is 14.0. The fourth-order valence-corrected chi connectivity index (χ4v) is 2.34. The summed E-state index contributed by atoms with van der Waals surface area (Å²) in [5.74, 6) is 0.493. The molecular formula is C15H21NO3. The first-order chi connectivity index (χ1) is 8.87. The molecule has 0 aromatic heterocycles. The van der Waals surface area contributed by atoms with Crippen molar-refractivity contribution in [3.63, 3.8) is 0 Å². The van der Waals surface area contributed by atoms with E-state index in [0.29, 0.717) is 18.8 Å². The zero-order valence-electron chi connectivity index (χ0n) is 11.7. The van der Waals surface area contributed by atoms with Crippen LogP contribution in [0.15, 0.2) is 24.3 Å². The number of carbonyl (C=O) groups is 1. The summed E-state index contributed by atoms with van der Waals surface area (Å²) in [7, 11) is 0. The summed E-state index contributed by atoms with van der Waals surface area (Å²) in [5.41, 5.74) is 0.443. The number of hydrogen-bond donors (Lipinski definition) is 1. The number of phenols is 1. The van der Waals surface area contributed by atoms with Crippen molar-refractivity contribution in [3.05, 3.63) is 29.8 Å². The highest BCUT2D eigenvalue weighted by atomic mass is 16.6. The maximum atomic E-state index is 12.0. The predicted molar refractivity (Wildman–Crippen MR) is 73.3 cm³/mol. The molecule has 1 unspecified atom stereocenters. The number of phenolic OH excluding ortho intramolecular Hbond substituents is 1. The van der Waals surface area contributed by atoms with Crippen LogP contribution in [0.25, 0.3) is 0 Å². The van der Waals surface area contributed by atoms with E-state index in [2.05, 4.69) is 0 Å². The number of likely N-dealkylation sites (tertiary alicyclic amines) is 1. The third-order valence-electron chi connectivity index (χ3n) is 3.22. The average Bonchev–Trinajstić information content (AvgIpc) is 2.76. The number of ether oxygens (including phenoxy) is 1. The van der Waals surface area contributed by atoms with Gasteiger partial charge in [-0.2, -0.15) is 0 Å². The second-order valence-electron chi connectivity index (χ2n) is 5.97. The Morgan fingerprint density at radius 1 is 1.37 bits per heavy atom. The Hall–Kier alpha value is -1.71. The largest absolute Gasteiger partial charge is 0.508 e. The van der Waals surface area contributed by atoms with E-state index in [1.54, 1.807) is 17.0 Å². The molecule has 0 radical (unpaired) electrons. The maximum absolute atomic E-state index is 12.0. The van der Waals surface area contributed by atoms with Crippen LogP contribution < -0.4 is 0 Å². The van der Waals surface area contributed by atoms with Crippen molar-refractivity contribution in [3.8, 4) is 5.75 Å². The van der Waals surface area contributed by atoms with E-state index in [9.17, 15) is 9.90 Å². The molecule has 1 heterocycles. The van der Waals surface area contributed by atoms with Crippen LogP contribution in [-0.4, -0.2) is 34.8 Å². The van der Waals surface area contributed by atoms with Crippen LogP contribution in [0.4, 0.5) is 4.79 Å². The molecule has 1 N–H and O–H groups in total. The molecule has 1 atom stereocenters. The monoisotopic (exact) mass is 263 g/mol. The van der Waals surface area contributed by atoms with Gasteiger partial charge in [0.2, 0.25) is 0 Å². The molecule has 1 aliphatic rings. The molecule has 19 heavy (non-hydrogen) atoms. The molecule has 1 aromatic carbocycles. The Morgan fingerprint density at radius 3 is 2.68 bits per heavy atom. The van der Waals surface area contributed by atoms with E-state index in [1.165, 1.54) is 0 Å². The highest BCUT2D eigenvalue weighted by Gasteiger charge is 2.31. The number of amides is 1. The highest BCUT2D eigenvalue weighted by molar-refractivity contribution is 5.68. The van der Waals surface area contributed by atoms with Crippen LogP contribution in [0.2, 0.25) is 0 Å². The summed E-state index contributed by atoms with van der Waals surface area (Å²) in [6.45, 7) is 6.87. The third kappa shape index (κ3) is 3.40. The smallest absolute Gasteiger partial charge is 0.410 e. The molecule has 0 spiro atoms. The summed E-state index contributed by atoms with van der Waals surface area (Å²) < 4.78 is 5.36. The van der Waals surface area contributed by atoms with Gasteiger partial charge in [0.05, 0.1) is 0 Å². The molecule has 4 nitrogen and oxygen atoms in total. The second-order valence-corrected chi connectivity index (χ2v) is 5.97. The van der Waals surface area contributed by atoms with Crippen LogP contribution in [-0.2, 0) is 4.74 Å². The molecule has 104 valence electrons. The number of aromatic hydroxyl groups is 1. The Labute approximate surface area is 114 Å². The first-order valence-electron chi connectivity index (χ1n) is 6.62. The van der Waals surface area contributed by atoms with Crippen LogP contribution in [0.5, 0.6) is 5.75 Å². The van der Waals surface area contributed by atoms with Crippen LogP contribution >= 0.6 is 0 Å². The molecule has 1 amide bonds. The number of para-hydroxylation sites is 1. The molecule has 0 bridgehead atoms. The number of benzene rings is 1. The summed E-state index contributed by atoms with van der Waals surface area (Å²) in [4.78, 5) is 13.7. The molecule has 1 aromatic rings. The van der Waals surface area contributed by atoms with Crippen molar-refractivity contribution < 1.29 is 14.6 Å². The van der Waals surface area contributed by atoms with Gasteiger partial charge in [-0.1, -0.05) is 18.2 Å². The molecule has 1 aliphatic heterocycles. The third-order valence-corrected chi connectivity index (χ3v) is 3.22. The Morgan fingerprint density at radius 2 is 2.05 bits per heavy atom. The quantitative estimate of drug-likeness (QED) is 0.847. The van der Waals surface area contributed by atoms with E-state index in [4.69, 9.17) is 4.74 Å². The van der Waals surface area contributed by atoms with Gasteiger partial charge in [0.25, 0.3) is 0 Å². The van der Waals surface area contributed by atoms with E-state index in [0.717, 1.165) is 12.0 Å². The average molecular weight is 263 g/mol. The summed E-state index contributed by atoms with van der Waals surface area (Å²) in [6, 6.07) is 7.31. The molecule has 4 heteroatoms. The lowest BCUT2D eigenvalue weighted by molar-refractivity contribution is 0.0292. The Balaban J connectivity index is 2.01. The fourth-order valence-electron chi connectivity index (χ4n) is 2.34. The molecule has 2 rings (SSSR count). The van der Waals surface area contributed by atoms with Gasteiger partial charge in [0.1, 0.15) is 11.4 Å². The molecule has 1 fully saturated rings. The van der Waals surface area contributed by atoms with Crippen LogP contribution in [0.1, 0.15) is 38.7 Å². The second kappa shape index (κ2) is 5.11. The normalized spacial score (nSPS) is 19.5. The van der Waals surface area contributed by atoms with Crippen molar-refractivity contribution >= 4 is 6.09 Å². The zero-order valence-corrected chi connectivity index (χ0v) is 11.7. The van der Waals surface area contributed by atoms with Crippen molar-refractivity contribution in [2.75, 3.05) is 13.1 Å². The lowest BCUT2D eigenvalue weighted by atomic mass is 9.98. The first-order valence-corrected chi connectivity index (χ1v) is 6.62. The highest BCUT2D eigenvalue weighted by Crippen LogP contribution is 2.33. The first kappa shape index (κ1) is 13.7. The Bertz CT molecular complexity index is 465. The van der Waals surface area contributed by atoms with E-state index >= 15 is 0 Å². The Kier molecular flexibility index (Phi) is 3.69. The van der Waals surface area contributed by atoms with Crippen LogP contribution in [0.3, 0.4) is 0 Å². The molecular weight excluding hydrogens is 242 g/mol. The van der Waals surface area contributed by atoms with Crippen molar-refractivity contribution in [1.29, 1.82) is 0 Å².